The third kappa shape index (κ3) is 2.98. The Morgan fingerprint density at radius 1 is 1.09 bits per heavy atom. The van der Waals surface area contributed by atoms with E-state index in [2.05, 4.69) is 4.98 Å². The number of primary amides is 1. The number of carbonyl (C=O) groups excluding carboxylic acids is 1. The highest BCUT2D eigenvalue weighted by Gasteiger charge is 2.11. The largest absolute Gasteiger partial charge is 0.483 e. The molecule has 5 nitrogen and oxygen atoms in total. The first-order valence-electron chi connectivity index (χ1n) is 6.76. The van der Waals surface area contributed by atoms with Gasteiger partial charge in [-0.2, -0.15) is 0 Å². The summed E-state index contributed by atoms with van der Waals surface area (Å²) in [5, 5.41) is 0. The van der Waals surface area contributed by atoms with Crippen LogP contribution in [0.25, 0.3) is 11.3 Å². The lowest BCUT2D eigenvalue weighted by atomic mass is 10.2. The Hall–Kier alpha value is -3.08. The first kappa shape index (κ1) is 13.9. The minimum absolute atomic E-state index is 0.122. The van der Waals surface area contributed by atoms with E-state index in [1.165, 1.54) is 0 Å². The number of aromatic nitrogens is 1. The van der Waals surface area contributed by atoms with Crippen molar-refractivity contribution in [2.75, 3.05) is 0 Å². The van der Waals surface area contributed by atoms with E-state index in [9.17, 15) is 4.79 Å². The number of rotatable bonds is 5. The van der Waals surface area contributed by atoms with Crippen LogP contribution in [0.5, 0.6) is 5.75 Å². The Bertz CT molecular complexity index is 781. The van der Waals surface area contributed by atoms with Crippen molar-refractivity contribution in [3.63, 3.8) is 0 Å². The van der Waals surface area contributed by atoms with Crippen molar-refractivity contribution >= 4 is 5.91 Å². The number of hydrogen-bond donors (Lipinski definition) is 1. The molecule has 1 aromatic heterocycles. The molecule has 1 amide bonds. The fraction of sp³-hybridized carbons (Fsp3) is 0.0588. The molecule has 0 spiro atoms. The molecule has 3 aromatic rings. The summed E-state index contributed by atoms with van der Waals surface area (Å²) in [7, 11) is 0. The first-order valence-corrected chi connectivity index (χ1v) is 6.76. The molecule has 3 rings (SSSR count). The van der Waals surface area contributed by atoms with E-state index >= 15 is 0 Å². The summed E-state index contributed by atoms with van der Waals surface area (Å²) >= 11 is 0. The van der Waals surface area contributed by atoms with E-state index in [4.69, 9.17) is 14.9 Å². The van der Waals surface area contributed by atoms with E-state index < -0.39 is 5.91 Å². The summed E-state index contributed by atoms with van der Waals surface area (Å²) in [5.74, 6) is 0.975. The maximum atomic E-state index is 11.3. The molecule has 0 saturated heterocycles. The van der Waals surface area contributed by atoms with Crippen LogP contribution in [-0.4, -0.2) is 10.9 Å². The summed E-state index contributed by atoms with van der Waals surface area (Å²) in [6.45, 7) is 0.122. The highest BCUT2D eigenvalue weighted by atomic mass is 16.5. The zero-order chi connectivity index (χ0) is 15.4. The fourth-order valence-corrected chi connectivity index (χ4v) is 2.05. The van der Waals surface area contributed by atoms with Gasteiger partial charge in [0.15, 0.2) is 12.4 Å². The number of benzene rings is 2. The van der Waals surface area contributed by atoms with Crippen molar-refractivity contribution in [3.8, 4) is 17.1 Å². The number of nitrogens with zero attached hydrogens (tertiary/aromatic N) is 1. The lowest BCUT2D eigenvalue weighted by Crippen LogP contribution is -2.12. The molecule has 110 valence electrons. The number of carbonyl (C=O) groups is 1. The normalized spacial score (nSPS) is 10.4. The minimum atomic E-state index is -0.534. The highest BCUT2D eigenvalue weighted by molar-refractivity contribution is 5.95. The minimum Gasteiger partial charge on any atom is -0.483 e. The van der Waals surface area contributed by atoms with Gasteiger partial charge in [0.1, 0.15) is 5.75 Å². The van der Waals surface area contributed by atoms with Gasteiger partial charge in [0.05, 0.1) is 11.8 Å². The zero-order valence-corrected chi connectivity index (χ0v) is 11.7. The molecule has 0 fully saturated rings. The van der Waals surface area contributed by atoms with Gasteiger partial charge in [-0.1, -0.05) is 42.5 Å². The van der Waals surface area contributed by atoms with E-state index in [1.807, 2.05) is 30.3 Å². The average molecular weight is 294 g/mol. The summed E-state index contributed by atoms with van der Waals surface area (Å²) in [5.41, 5.74) is 6.58. The summed E-state index contributed by atoms with van der Waals surface area (Å²) in [6, 6.07) is 16.5. The van der Waals surface area contributed by atoms with Gasteiger partial charge in [0.25, 0.3) is 5.91 Å². The van der Waals surface area contributed by atoms with Gasteiger partial charge in [0.2, 0.25) is 5.89 Å². The summed E-state index contributed by atoms with van der Waals surface area (Å²) in [4.78, 5) is 15.5. The molecule has 0 aliphatic heterocycles. The van der Waals surface area contributed by atoms with Crippen molar-refractivity contribution in [3.05, 3.63) is 72.2 Å². The van der Waals surface area contributed by atoms with E-state index in [1.54, 1.807) is 30.5 Å². The molecule has 2 N–H and O–H groups in total. The Kier molecular flexibility index (Phi) is 3.87. The van der Waals surface area contributed by atoms with Gasteiger partial charge >= 0.3 is 0 Å². The molecule has 0 radical (unpaired) electrons. The number of amides is 1. The van der Waals surface area contributed by atoms with Crippen molar-refractivity contribution in [2.45, 2.75) is 6.61 Å². The zero-order valence-electron chi connectivity index (χ0n) is 11.7. The number of hydrogen-bond acceptors (Lipinski definition) is 4. The second-order valence-corrected chi connectivity index (χ2v) is 4.63. The van der Waals surface area contributed by atoms with E-state index in [-0.39, 0.29) is 6.61 Å². The Morgan fingerprint density at radius 2 is 1.82 bits per heavy atom. The molecular weight excluding hydrogens is 280 g/mol. The van der Waals surface area contributed by atoms with Crippen LogP contribution in [0.1, 0.15) is 16.2 Å². The van der Waals surface area contributed by atoms with Crippen molar-refractivity contribution in [1.29, 1.82) is 0 Å². The van der Waals surface area contributed by atoms with Crippen LogP contribution in [0.2, 0.25) is 0 Å². The highest BCUT2D eigenvalue weighted by Crippen LogP contribution is 2.22. The molecule has 1 heterocycles. The summed E-state index contributed by atoms with van der Waals surface area (Å²) < 4.78 is 11.2. The average Bonchev–Trinajstić information content (AvgIpc) is 3.03. The lowest BCUT2D eigenvalue weighted by Gasteiger charge is -2.07. The molecule has 0 unspecified atom stereocenters. The predicted octanol–water partition coefficient (Wildman–Crippen LogP) is 3.02. The number of oxazole rings is 1. The molecule has 0 saturated carbocycles. The first-order chi connectivity index (χ1) is 10.7. The Labute approximate surface area is 127 Å². The van der Waals surface area contributed by atoms with Gasteiger partial charge in [-0.3, -0.25) is 4.79 Å². The maximum Gasteiger partial charge on any atom is 0.252 e. The molecule has 0 aliphatic carbocycles. The van der Waals surface area contributed by atoms with E-state index in [0.717, 1.165) is 5.56 Å². The number of nitrogens with two attached hydrogens (primary N) is 1. The van der Waals surface area contributed by atoms with Gasteiger partial charge < -0.3 is 14.9 Å². The maximum absolute atomic E-state index is 11.3. The van der Waals surface area contributed by atoms with Gasteiger partial charge in [0, 0.05) is 5.56 Å². The summed E-state index contributed by atoms with van der Waals surface area (Å²) in [6.07, 6.45) is 1.65. The SMILES string of the molecule is NC(=O)c1ccccc1OCc1ncc(-c2ccccc2)o1. The van der Waals surface area contributed by atoms with Gasteiger partial charge in [-0.05, 0) is 12.1 Å². The van der Waals surface area contributed by atoms with Crippen LogP contribution in [0.3, 0.4) is 0 Å². The van der Waals surface area contributed by atoms with Gasteiger partial charge in [-0.15, -0.1) is 0 Å². The third-order valence-electron chi connectivity index (χ3n) is 3.12. The van der Waals surface area contributed by atoms with Crippen molar-refractivity contribution < 1.29 is 13.9 Å². The monoisotopic (exact) mass is 294 g/mol. The van der Waals surface area contributed by atoms with Crippen LogP contribution in [-0.2, 0) is 6.61 Å². The van der Waals surface area contributed by atoms with Crippen LogP contribution in [0.15, 0.2) is 65.2 Å². The van der Waals surface area contributed by atoms with Crippen LogP contribution >= 0.6 is 0 Å². The third-order valence-corrected chi connectivity index (χ3v) is 3.12. The fourth-order valence-electron chi connectivity index (χ4n) is 2.05. The lowest BCUT2D eigenvalue weighted by molar-refractivity contribution is 0.0995. The van der Waals surface area contributed by atoms with E-state index in [0.29, 0.717) is 23.0 Å². The Morgan fingerprint density at radius 3 is 2.59 bits per heavy atom. The quantitative estimate of drug-likeness (QED) is 0.784. The molecule has 5 heteroatoms. The van der Waals surface area contributed by atoms with Crippen LogP contribution in [0.4, 0.5) is 0 Å². The number of para-hydroxylation sites is 1. The molecule has 0 bridgehead atoms. The number of ether oxygens (including phenoxy) is 1. The van der Waals surface area contributed by atoms with Crippen molar-refractivity contribution in [1.82, 2.24) is 4.98 Å². The van der Waals surface area contributed by atoms with Crippen LogP contribution < -0.4 is 10.5 Å². The second kappa shape index (κ2) is 6.13. The molecule has 2 aromatic carbocycles. The second-order valence-electron chi connectivity index (χ2n) is 4.63. The topological polar surface area (TPSA) is 78.4 Å². The van der Waals surface area contributed by atoms with Gasteiger partial charge in [-0.25, -0.2) is 4.98 Å². The standard InChI is InChI=1S/C17H14N2O3/c18-17(20)13-8-4-5-9-14(13)21-11-16-19-10-15(22-16)12-6-2-1-3-7-12/h1-10H,11H2,(H2,18,20). The molecular formula is C17H14N2O3. The molecule has 22 heavy (non-hydrogen) atoms. The van der Waals surface area contributed by atoms with Crippen LogP contribution in [0, 0.1) is 0 Å². The molecule has 0 atom stereocenters. The molecule has 0 aliphatic rings. The smallest absolute Gasteiger partial charge is 0.252 e. The predicted molar refractivity (Wildman–Crippen MR) is 81.2 cm³/mol. The Balaban J connectivity index is 1.73. The van der Waals surface area contributed by atoms with Crippen molar-refractivity contribution in [2.24, 2.45) is 5.73 Å².